The van der Waals surface area contributed by atoms with E-state index in [-0.39, 0.29) is 18.5 Å². The molecule has 1 fully saturated rings. The van der Waals surface area contributed by atoms with E-state index in [1.807, 2.05) is 0 Å². The van der Waals surface area contributed by atoms with Crippen LogP contribution in [-0.4, -0.2) is 34.5 Å². The van der Waals surface area contributed by atoms with Gasteiger partial charge in [-0.15, -0.1) is 6.58 Å². The molecule has 1 amide bonds. The maximum atomic E-state index is 11.5. The third-order valence-electron chi connectivity index (χ3n) is 2.18. The molecule has 0 unspecified atom stereocenters. The number of nitrogens with zero attached hydrogens (tertiary/aromatic N) is 1. The summed E-state index contributed by atoms with van der Waals surface area (Å²) in [7, 11) is 0. The van der Waals surface area contributed by atoms with E-state index in [2.05, 4.69) is 6.58 Å². The van der Waals surface area contributed by atoms with Gasteiger partial charge >= 0.3 is 5.97 Å². The molecule has 0 bridgehead atoms. The highest BCUT2D eigenvalue weighted by molar-refractivity contribution is 5.82. The number of carboxylic acid groups (broad SMARTS) is 1. The van der Waals surface area contributed by atoms with Gasteiger partial charge in [0.25, 0.3) is 0 Å². The van der Waals surface area contributed by atoms with Crippen LogP contribution in [0.25, 0.3) is 0 Å². The Balaban J connectivity index is 2.44. The SMILES string of the molecule is C=CCCC(=O)N(CC(=O)O)C1CC1. The molecule has 14 heavy (non-hydrogen) atoms. The van der Waals surface area contributed by atoms with Gasteiger partial charge in [0.2, 0.25) is 5.91 Å². The highest BCUT2D eigenvalue weighted by atomic mass is 16.4. The van der Waals surface area contributed by atoms with E-state index in [1.54, 1.807) is 6.08 Å². The number of hydrogen-bond donors (Lipinski definition) is 1. The fourth-order valence-electron chi connectivity index (χ4n) is 1.32. The highest BCUT2D eigenvalue weighted by Gasteiger charge is 2.33. The highest BCUT2D eigenvalue weighted by Crippen LogP contribution is 2.27. The molecule has 0 atom stereocenters. The zero-order valence-corrected chi connectivity index (χ0v) is 8.11. The fraction of sp³-hybridized carbons (Fsp3) is 0.600. The molecule has 4 nitrogen and oxygen atoms in total. The van der Waals surface area contributed by atoms with Crippen molar-refractivity contribution in [3.63, 3.8) is 0 Å². The largest absolute Gasteiger partial charge is 0.480 e. The third kappa shape index (κ3) is 3.20. The maximum Gasteiger partial charge on any atom is 0.323 e. The number of carboxylic acids is 1. The van der Waals surface area contributed by atoms with Crippen molar-refractivity contribution in [1.82, 2.24) is 4.90 Å². The number of carbonyl (C=O) groups is 2. The average Bonchev–Trinajstić information content (AvgIpc) is 2.93. The minimum Gasteiger partial charge on any atom is -0.480 e. The number of carbonyl (C=O) groups excluding carboxylic acids is 1. The van der Waals surface area contributed by atoms with Crippen molar-refractivity contribution in [3.8, 4) is 0 Å². The van der Waals surface area contributed by atoms with E-state index >= 15 is 0 Å². The van der Waals surface area contributed by atoms with Crippen LogP contribution < -0.4 is 0 Å². The fourth-order valence-corrected chi connectivity index (χ4v) is 1.32. The topological polar surface area (TPSA) is 57.6 Å². The monoisotopic (exact) mass is 197 g/mol. The van der Waals surface area contributed by atoms with Crippen molar-refractivity contribution in [2.75, 3.05) is 6.54 Å². The lowest BCUT2D eigenvalue weighted by Crippen LogP contribution is -2.37. The van der Waals surface area contributed by atoms with E-state index in [0.29, 0.717) is 12.8 Å². The van der Waals surface area contributed by atoms with Gasteiger partial charge in [0.05, 0.1) is 0 Å². The normalized spacial score (nSPS) is 14.9. The van der Waals surface area contributed by atoms with Gasteiger partial charge in [-0.25, -0.2) is 0 Å². The molecule has 1 aliphatic carbocycles. The molecule has 1 rings (SSSR count). The molecule has 0 aromatic heterocycles. The summed E-state index contributed by atoms with van der Waals surface area (Å²) in [6.45, 7) is 3.36. The maximum absolute atomic E-state index is 11.5. The van der Waals surface area contributed by atoms with Crippen molar-refractivity contribution in [3.05, 3.63) is 12.7 Å². The number of allylic oxidation sites excluding steroid dienone is 1. The molecule has 0 radical (unpaired) electrons. The van der Waals surface area contributed by atoms with Crippen LogP contribution in [0.1, 0.15) is 25.7 Å². The van der Waals surface area contributed by atoms with Gasteiger partial charge in [0.15, 0.2) is 0 Å². The Labute approximate surface area is 83.2 Å². The first kappa shape index (κ1) is 10.8. The minimum absolute atomic E-state index is 0.0743. The molecule has 0 heterocycles. The Kier molecular flexibility index (Phi) is 3.68. The molecule has 4 heteroatoms. The van der Waals surface area contributed by atoms with Crippen molar-refractivity contribution in [2.24, 2.45) is 0 Å². The summed E-state index contributed by atoms with van der Waals surface area (Å²) in [5, 5.41) is 8.62. The van der Waals surface area contributed by atoms with Gasteiger partial charge < -0.3 is 10.0 Å². The first-order chi connectivity index (χ1) is 6.65. The molecule has 1 N–H and O–H groups in total. The van der Waals surface area contributed by atoms with Crippen molar-refractivity contribution >= 4 is 11.9 Å². The smallest absolute Gasteiger partial charge is 0.323 e. The lowest BCUT2D eigenvalue weighted by atomic mass is 10.2. The Hall–Kier alpha value is -1.32. The Morgan fingerprint density at radius 3 is 2.57 bits per heavy atom. The van der Waals surface area contributed by atoms with Crippen LogP contribution in [0, 0.1) is 0 Å². The molecule has 0 spiro atoms. The number of rotatable bonds is 6. The molecule has 0 saturated heterocycles. The Bertz CT molecular complexity index is 246. The predicted octanol–water partition coefficient (Wildman–Crippen LogP) is 1.03. The Morgan fingerprint density at radius 1 is 1.50 bits per heavy atom. The standard InChI is InChI=1S/C10H15NO3/c1-2-3-4-9(12)11(7-10(13)14)8-5-6-8/h2,8H,1,3-7H2,(H,13,14). The average molecular weight is 197 g/mol. The van der Waals surface area contributed by atoms with Gasteiger partial charge in [-0.2, -0.15) is 0 Å². The quantitative estimate of drug-likeness (QED) is 0.647. The van der Waals surface area contributed by atoms with Crippen LogP contribution in [-0.2, 0) is 9.59 Å². The van der Waals surface area contributed by atoms with Crippen molar-refractivity contribution < 1.29 is 14.7 Å². The summed E-state index contributed by atoms with van der Waals surface area (Å²) in [6.07, 6.45) is 4.53. The zero-order valence-electron chi connectivity index (χ0n) is 8.11. The van der Waals surface area contributed by atoms with Gasteiger partial charge in [0.1, 0.15) is 6.54 Å². The minimum atomic E-state index is -0.941. The zero-order chi connectivity index (χ0) is 10.6. The second-order valence-corrected chi connectivity index (χ2v) is 3.47. The summed E-state index contributed by atoms with van der Waals surface area (Å²) in [6, 6.07) is 0.170. The molecule has 0 aliphatic heterocycles. The first-order valence-corrected chi connectivity index (χ1v) is 4.77. The molecule has 0 aromatic carbocycles. The molecule has 1 aliphatic rings. The summed E-state index contributed by atoms with van der Waals surface area (Å²) >= 11 is 0. The van der Waals surface area contributed by atoms with Gasteiger partial charge in [-0.3, -0.25) is 9.59 Å². The van der Waals surface area contributed by atoms with Crippen molar-refractivity contribution in [1.29, 1.82) is 0 Å². The number of amides is 1. The molecule has 78 valence electrons. The van der Waals surface area contributed by atoms with E-state index in [4.69, 9.17) is 5.11 Å². The summed E-state index contributed by atoms with van der Waals surface area (Å²) in [5.41, 5.74) is 0. The third-order valence-corrected chi connectivity index (χ3v) is 2.18. The van der Waals surface area contributed by atoms with Gasteiger partial charge in [-0.05, 0) is 19.3 Å². The van der Waals surface area contributed by atoms with Gasteiger partial charge in [-0.1, -0.05) is 6.08 Å². The molecule has 1 saturated carbocycles. The predicted molar refractivity (Wildman–Crippen MR) is 51.8 cm³/mol. The first-order valence-electron chi connectivity index (χ1n) is 4.77. The van der Waals surface area contributed by atoms with E-state index in [9.17, 15) is 9.59 Å². The number of aliphatic carboxylic acids is 1. The summed E-state index contributed by atoms with van der Waals surface area (Å²) in [4.78, 5) is 23.5. The van der Waals surface area contributed by atoms with Gasteiger partial charge in [0, 0.05) is 12.5 Å². The van der Waals surface area contributed by atoms with Crippen molar-refractivity contribution in [2.45, 2.75) is 31.7 Å². The van der Waals surface area contributed by atoms with Crippen LogP contribution in [0.3, 0.4) is 0 Å². The van der Waals surface area contributed by atoms with E-state index in [0.717, 1.165) is 12.8 Å². The second-order valence-electron chi connectivity index (χ2n) is 3.47. The van der Waals surface area contributed by atoms with E-state index in [1.165, 1.54) is 4.90 Å². The summed E-state index contributed by atoms with van der Waals surface area (Å²) < 4.78 is 0. The number of hydrogen-bond acceptors (Lipinski definition) is 2. The van der Waals surface area contributed by atoms with Crippen LogP contribution in [0.4, 0.5) is 0 Å². The van der Waals surface area contributed by atoms with E-state index < -0.39 is 5.97 Å². The molecular weight excluding hydrogens is 182 g/mol. The molecule has 0 aromatic rings. The van der Waals surface area contributed by atoms with Crippen LogP contribution in [0.5, 0.6) is 0 Å². The van der Waals surface area contributed by atoms with Crippen LogP contribution in [0.2, 0.25) is 0 Å². The lowest BCUT2D eigenvalue weighted by Gasteiger charge is -2.19. The lowest BCUT2D eigenvalue weighted by molar-refractivity contribution is -0.144. The molecular formula is C10H15NO3. The summed E-state index contributed by atoms with van der Waals surface area (Å²) in [5.74, 6) is -1.02. The van der Waals surface area contributed by atoms with Crippen LogP contribution in [0.15, 0.2) is 12.7 Å². The Morgan fingerprint density at radius 2 is 2.14 bits per heavy atom. The second kappa shape index (κ2) is 4.79. The van der Waals surface area contributed by atoms with Crippen LogP contribution >= 0.6 is 0 Å².